The first-order valence-corrected chi connectivity index (χ1v) is 11.3. The number of aromatic nitrogens is 2. The van der Waals surface area contributed by atoms with Crippen molar-refractivity contribution in [3.8, 4) is 5.69 Å². The minimum Gasteiger partial charge on any atom is -0.469 e. The van der Waals surface area contributed by atoms with Crippen molar-refractivity contribution in [1.29, 1.82) is 0 Å². The van der Waals surface area contributed by atoms with Gasteiger partial charge in [-0.25, -0.2) is 4.79 Å². The van der Waals surface area contributed by atoms with Crippen molar-refractivity contribution in [3.05, 3.63) is 83.9 Å². The van der Waals surface area contributed by atoms with Crippen LogP contribution in [0.25, 0.3) is 5.69 Å². The Hall–Kier alpha value is -3.72. The van der Waals surface area contributed by atoms with E-state index in [4.69, 9.17) is 21.7 Å². The van der Waals surface area contributed by atoms with E-state index >= 15 is 0 Å². The van der Waals surface area contributed by atoms with Crippen molar-refractivity contribution in [2.75, 3.05) is 20.8 Å². The molecule has 0 amide bonds. The van der Waals surface area contributed by atoms with Crippen molar-refractivity contribution >= 4 is 29.3 Å². The number of esters is 2. The maximum atomic E-state index is 12.1. The van der Waals surface area contributed by atoms with Crippen LogP contribution >= 0.6 is 12.2 Å². The first kappa shape index (κ1) is 23.4. The van der Waals surface area contributed by atoms with Crippen LogP contribution in [0.4, 0.5) is 0 Å². The van der Waals surface area contributed by atoms with E-state index in [1.54, 1.807) is 18.3 Å². The van der Waals surface area contributed by atoms with Crippen LogP contribution in [0.3, 0.4) is 0 Å². The highest BCUT2D eigenvalue weighted by atomic mass is 32.1. The van der Waals surface area contributed by atoms with Crippen LogP contribution in [0.5, 0.6) is 0 Å². The topological polar surface area (TPSA) is 85.7 Å². The smallest absolute Gasteiger partial charge is 0.337 e. The SMILES string of the molecule is COC(=O)CCCN1C(=S)N[C@@H](c2ccccn2)[C@H]1c1cccn1-c1cccc(C(=O)OC)c1. The molecule has 9 heteroatoms. The molecule has 8 nitrogen and oxygen atoms in total. The molecule has 176 valence electrons. The molecule has 1 aromatic carbocycles. The van der Waals surface area contributed by atoms with Gasteiger partial charge in [0, 0.05) is 36.7 Å². The van der Waals surface area contributed by atoms with Crippen LogP contribution in [0.1, 0.15) is 46.7 Å². The van der Waals surface area contributed by atoms with E-state index in [1.807, 2.05) is 53.2 Å². The molecule has 1 aliphatic heterocycles. The summed E-state index contributed by atoms with van der Waals surface area (Å²) in [5, 5.41) is 4.02. The van der Waals surface area contributed by atoms with Crippen LogP contribution in [0, 0.1) is 0 Å². The Labute approximate surface area is 203 Å². The second kappa shape index (κ2) is 10.5. The number of hydrogen-bond donors (Lipinski definition) is 1. The zero-order chi connectivity index (χ0) is 24.1. The summed E-state index contributed by atoms with van der Waals surface area (Å²) in [7, 11) is 2.75. The molecule has 2 atom stereocenters. The fraction of sp³-hybridized carbons (Fsp3) is 0.280. The molecule has 0 aliphatic carbocycles. The van der Waals surface area contributed by atoms with E-state index in [0.29, 0.717) is 30.1 Å². The minimum absolute atomic E-state index is 0.183. The molecule has 1 N–H and O–H groups in total. The molecule has 34 heavy (non-hydrogen) atoms. The zero-order valence-corrected chi connectivity index (χ0v) is 19.8. The maximum absolute atomic E-state index is 12.1. The van der Waals surface area contributed by atoms with Gasteiger partial charge in [0.1, 0.15) is 0 Å². The third-order valence-corrected chi connectivity index (χ3v) is 6.19. The summed E-state index contributed by atoms with van der Waals surface area (Å²) < 4.78 is 11.7. The van der Waals surface area contributed by atoms with Crippen LogP contribution in [0.2, 0.25) is 0 Å². The normalized spacial score (nSPS) is 17.4. The van der Waals surface area contributed by atoms with Crippen LogP contribution < -0.4 is 5.32 Å². The number of carbonyl (C=O) groups excluding carboxylic acids is 2. The van der Waals surface area contributed by atoms with E-state index in [-0.39, 0.29) is 18.1 Å². The summed E-state index contributed by atoms with van der Waals surface area (Å²) in [4.78, 5) is 30.4. The summed E-state index contributed by atoms with van der Waals surface area (Å²) in [5.41, 5.74) is 3.13. The van der Waals surface area contributed by atoms with Gasteiger partial charge in [0.2, 0.25) is 0 Å². The Balaban J connectivity index is 1.73. The minimum atomic E-state index is -0.393. The Bertz CT molecular complexity index is 1180. The molecule has 3 heterocycles. The zero-order valence-electron chi connectivity index (χ0n) is 19.0. The molecule has 4 rings (SSSR count). The lowest BCUT2D eigenvalue weighted by Gasteiger charge is -2.29. The molecule has 1 saturated heterocycles. The number of rotatable bonds is 8. The van der Waals surface area contributed by atoms with Crippen molar-refractivity contribution in [2.24, 2.45) is 0 Å². The molecular weight excluding hydrogens is 452 g/mol. The molecule has 2 aromatic heterocycles. The number of pyridine rings is 1. The van der Waals surface area contributed by atoms with Crippen LogP contribution in [-0.4, -0.2) is 52.3 Å². The molecular formula is C25H26N4O4S. The summed E-state index contributed by atoms with van der Waals surface area (Å²) in [6.45, 7) is 0.572. The van der Waals surface area contributed by atoms with E-state index in [0.717, 1.165) is 17.1 Å². The average Bonchev–Trinajstić information content (AvgIpc) is 3.48. The van der Waals surface area contributed by atoms with E-state index in [9.17, 15) is 9.59 Å². The Kier molecular flexibility index (Phi) is 7.22. The predicted molar refractivity (Wildman–Crippen MR) is 131 cm³/mol. The fourth-order valence-electron chi connectivity index (χ4n) is 4.23. The third kappa shape index (κ3) is 4.79. The van der Waals surface area contributed by atoms with Gasteiger partial charge in [-0.15, -0.1) is 0 Å². The summed E-state index contributed by atoms with van der Waals surface area (Å²) in [6.07, 6.45) is 4.61. The van der Waals surface area contributed by atoms with Crippen molar-refractivity contribution in [3.63, 3.8) is 0 Å². The third-order valence-electron chi connectivity index (χ3n) is 5.83. The highest BCUT2D eigenvalue weighted by Gasteiger charge is 2.41. The Morgan fingerprint density at radius 3 is 2.68 bits per heavy atom. The molecule has 3 aromatic rings. The lowest BCUT2D eigenvalue weighted by Crippen LogP contribution is -2.31. The van der Waals surface area contributed by atoms with E-state index in [1.165, 1.54) is 14.2 Å². The second-order valence-corrected chi connectivity index (χ2v) is 8.23. The van der Waals surface area contributed by atoms with Crippen molar-refractivity contribution in [1.82, 2.24) is 19.8 Å². The van der Waals surface area contributed by atoms with Gasteiger partial charge >= 0.3 is 11.9 Å². The standard InChI is InChI=1S/C25H26N4O4S/c1-32-21(30)12-7-15-29-23(22(27-25(29)34)19-10-3-4-13-26-19)20-11-6-14-28(20)18-9-5-8-17(16-18)24(31)33-2/h3-6,8-11,13-14,16,22-23H,7,12,15H2,1-2H3,(H,27,34)/t22-,23+/m0/s1. The molecule has 1 aliphatic rings. The number of hydrogen-bond acceptors (Lipinski definition) is 6. The number of thiocarbonyl (C=S) groups is 1. The van der Waals surface area contributed by atoms with Crippen molar-refractivity contribution < 1.29 is 19.1 Å². The van der Waals surface area contributed by atoms with Gasteiger partial charge in [-0.05, 0) is 61.1 Å². The van der Waals surface area contributed by atoms with Gasteiger partial charge in [-0.1, -0.05) is 12.1 Å². The van der Waals surface area contributed by atoms with E-state index in [2.05, 4.69) is 15.2 Å². The summed E-state index contributed by atoms with van der Waals surface area (Å²) >= 11 is 5.71. The number of benzene rings is 1. The van der Waals surface area contributed by atoms with Gasteiger partial charge in [-0.3, -0.25) is 9.78 Å². The number of nitrogens with one attached hydrogen (secondary N) is 1. The van der Waals surface area contributed by atoms with Gasteiger partial charge < -0.3 is 24.3 Å². The number of methoxy groups -OCH3 is 2. The van der Waals surface area contributed by atoms with Crippen LogP contribution in [-0.2, 0) is 14.3 Å². The fourth-order valence-corrected chi connectivity index (χ4v) is 4.57. The molecule has 0 saturated carbocycles. The predicted octanol–water partition coefficient (Wildman–Crippen LogP) is 3.58. The van der Waals surface area contributed by atoms with Gasteiger partial charge in [-0.2, -0.15) is 0 Å². The number of ether oxygens (including phenoxy) is 2. The molecule has 1 fully saturated rings. The molecule has 0 unspecified atom stereocenters. The molecule has 0 bridgehead atoms. The average molecular weight is 479 g/mol. The Morgan fingerprint density at radius 1 is 1.09 bits per heavy atom. The van der Waals surface area contributed by atoms with Crippen LogP contribution in [0.15, 0.2) is 67.0 Å². The second-order valence-electron chi connectivity index (χ2n) is 7.84. The monoisotopic (exact) mass is 478 g/mol. The lowest BCUT2D eigenvalue weighted by atomic mass is 10.0. The van der Waals surface area contributed by atoms with Gasteiger partial charge in [0.15, 0.2) is 5.11 Å². The van der Waals surface area contributed by atoms with Gasteiger partial charge in [0.05, 0.1) is 37.6 Å². The quantitative estimate of drug-likeness (QED) is 0.388. The molecule has 0 radical (unpaired) electrons. The maximum Gasteiger partial charge on any atom is 0.337 e. The summed E-state index contributed by atoms with van der Waals surface area (Å²) in [5.74, 6) is -0.644. The number of nitrogens with zero attached hydrogens (tertiary/aromatic N) is 3. The number of carbonyl (C=O) groups is 2. The molecule has 0 spiro atoms. The Morgan fingerprint density at radius 2 is 1.94 bits per heavy atom. The largest absolute Gasteiger partial charge is 0.469 e. The highest BCUT2D eigenvalue weighted by Crippen LogP contribution is 2.39. The lowest BCUT2D eigenvalue weighted by molar-refractivity contribution is -0.140. The van der Waals surface area contributed by atoms with E-state index < -0.39 is 5.97 Å². The van der Waals surface area contributed by atoms with Gasteiger partial charge in [0.25, 0.3) is 0 Å². The highest BCUT2D eigenvalue weighted by molar-refractivity contribution is 7.80. The first-order chi connectivity index (χ1) is 16.5. The van der Waals surface area contributed by atoms with Crippen molar-refractivity contribution in [2.45, 2.75) is 24.9 Å². The summed E-state index contributed by atoms with van der Waals surface area (Å²) in [6, 6.07) is 16.7. The first-order valence-electron chi connectivity index (χ1n) is 10.9.